The third-order valence-electron chi connectivity index (χ3n) is 5.42. The second-order valence-corrected chi connectivity index (χ2v) is 10.5. The summed E-state index contributed by atoms with van der Waals surface area (Å²) in [5.41, 5.74) is 0.243. The van der Waals surface area contributed by atoms with Crippen LogP contribution < -0.4 is 5.32 Å². The third-order valence-corrected chi connectivity index (χ3v) is 7.53. The summed E-state index contributed by atoms with van der Waals surface area (Å²) in [5, 5.41) is 6.84. The largest absolute Gasteiger partial charge is 0.353 e. The number of amides is 1. The molecule has 1 aromatic heterocycles. The van der Waals surface area contributed by atoms with Crippen molar-refractivity contribution < 1.29 is 23.0 Å². The molecule has 1 fully saturated rings. The average Bonchev–Trinajstić information content (AvgIpc) is 3.12. The summed E-state index contributed by atoms with van der Waals surface area (Å²) >= 11 is 0. The summed E-state index contributed by atoms with van der Waals surface area (Å²) in [6, 6.07) is 1.71. The van der Waals surface area contributed by atoms with Crippen LogP contribution in [0.4, 0.5) is 5.88 Å². The van der Waals surface area contributed by atoms with Crippen molar-refractivity contribution >= 4 is 22.6 Å². The van der Waals surface area contributed by atoms with Crippen LogP contribution in [0.2, 0.25) is 0 Å². The van der Waals surface area contributed by atoms with Crippen LogP contribution in [-0.4, -0.2) is 44.8 Å². The molecule has 0 aromatic carbocycles. The van der Waals surface area contributed by atoms with Gasteiger partial charge in [-0.1, -0.05) is 25.9 Å². The van der Waals surface area contributed by atoms with Crippen molar-refractivity contribution in [3.8, 4) is 0 Å². The van der Waals surface area contributed by atoms with Gasteiger partial charge in [0.05, 0.1) is 11.8 Å². The highest BCUT2D eigenvalue weighted by Crippen LogP contribution is 2.32. The average molecular weight is 415 g/mol. The fourth-order valence-corrected chi connectivity index (χ4v) is 4.01. The highest BCUT2D eigenvalue weighted by Gasteiger charge is 2.37. The van der Waals surface area contributed by atoms with Crippen molar-refractivity contribution in [2.75, 3.05) is 17.7 Å². The van der Waals surface area contributed by atoms with E-state index in [-0.39, 0.29) is 24.2 Å². The number of hydrogen-bond donors (Lipinski definition) is 1. The molecule has 1 aliphatic rings. The Bertz CT molecular complexity index is 680. The zero-order valence-corrected chi connectivity index (χ0v) is 18.7. The Balaban J connectivity index is 2.03. The Kier molecular flexibility index (Phi) is 7.81. The molecule has 0 saturated carbocycles. The van der Waals surface area contributed by atoms with Gasteiger partial charge in [-0.05, 0) is 46.5 Å². The highest BCUT2D eigenvalue weighted by molar-refractivity contribution is 7.87. The number of anilines is 1. The molecule has 2 unspecified atom stereocenters. The predicted octanol–water partition coefficient (Wildman–Crippen LogP) is 3.76. The van der Waals surface area contributed by atoms with Gasteiger partial charge in [-0.25, -0.2) is 0 Å². The first-order chi connectivity index (χ1) is 13.1. The molecule has 1 amide bonds. The van der Waals surface area contributed by atoms with Crippen LogP contribution in [0.25, 0.3) is 0 Å². The van der Waals surface area contributed by atoms with Crippen LogP contribution in [0.15, 0.2) is 10.6 Å². The van der Waals surface area contributed by atoms with Crippen molar-refractivity contribution in [3.05, 3.63) is 11.8 Å². The lowest BCUT2D eigenvalue weighted by atomic mass is 9.84. The fourth-order valence-electron chi connectivity index (χ4n) is 2.87. The maximum atomic E-state index is 12.6. The van der Waals surface area contributed by atoms with E-state index < -0.39 is 21.0 Å². The summed E-state index contributed by atoms with van der Waals surface area (Å²) in [6.07, 6.45) is 3.48. The van der Waals surface area contributed by atoms with Gasteiger partial charge < -0.3 is 14.0 Å². The normalized spacial score (nSPS) is 20.6. The van der Waals surface area contributed by atoms with Gasteiger partial charge in [0.1, 0.15) is 4.75 Å². The van der Waals surface area contributed by atoms with Crippen molar-refractivity contribution in [2.45, 2.75) is 89.8 Å². The number of hydrogen-bond acceptors (Lipinski definition) is 6. The number of rotatable bonds is 9. The minimum absolute atomic E-state index is 0.155. The molecule has 0 radical (unpaired) electrons. The van der Waals surface area contributed by atoms with Gasteiger partial charge in [-0.15, -0.1) is 0 Å². The Labute approximate surface area is 170 Å². The van der Waals surface area contributed by atoms with Gasteiger partial charge >= 0.3 is 0 Å². The van der Waals surface area contributed by atoms with E-state index in [1.165, 1.54) is 0 Å². The number of ether oxygens (including phenoxy) is 2. The zero-order chi connectivity index (χ0) is 20.9. The number of aromatic nitrogens is 1. The molecule has 3 atom stereocenters. The molecular weight excluding hydrogens is 380 g/mol. The number of carbonyl (C=O) groups excluding carboxylic acids is 1. The maximum Gasteiger partial charge on any atom is 0.245 e. The summed E-state index contributed by atoms with van der Waals surface area (Å²) in [7, 11) is -1.26. The first-order valence-corrected chi connectivity index (χ1v) is 11.3. The molecule has 1 aromatic rings. The van der Waals surface area contributed by atoms with Gasteiger partial charge in [0.2, 0.25) is 11.8 Å². The van der Waals surface area contributed by atoms with Gasteiger partial charge in [0.15, 0.2) is 6.29 Å². The lowest BCUT2D eigenvalue weighted by molar-refractivity contribution is -0.196. The number of nitrogens with one attached hydrogen (secondary N) is 1. The quantitative estimate of drug-likeness (QED) is 0.662. The molecule has 0 aliphatic carbocycles. The summed E-state index contributed by atoms with van der Waals surface area (Å²) in [4.78, 5) is 12.6. The van der Waals surface area contributed by atoms with E-state index in [0.717, 1.165) is 32.3 Å². The topological polar surface area (TPSA) is 90.7 Å². The van der Waals surface area contributed by atoms with Gasteiger partial charge in [0, 0.05) is 34.6 Å². The summed E-state index contributed by atoms with van der Waals surface area (Å²) in [5.74, 6) is 0.378. The molecule has 1 N–H and O–H groups in total. The lowest BCUT2D eigenvalue weighted by Crippen LogP contribution is -2.42. The van der Waals surface area contributed by atoms with Crippen LogP contribution in [0.3, 0.4) is 0 Å². The SMILES string of the molecule is CCCS(=O)C(C)(C)C(=O)Nc1cc(C(C)(C)[C@H](C)OC2CCCCO2)no1. The molecule has 160 valence electrons. The van der Waals surface area contributed by atoms with Gasteiger partial charge in [-0.3, -0.25) is 14.3 Å². The summed E-state index contributed by atoms with van der Waals surface area (Å²) in [6.45, 7) is 12.0. The summed E-state index contributed by atoms with van der Waals surface area (Å²) < 4.78 is 28.4. The van der Waals surface area contributed by atoms with Crippen LogP contribution >= 0.6 is 0 Å². The molecule has 7 nitrogen and oxygen atoms in total. The molecule has 8 heteroatoms. The molecule has 28 heavy (non-hydrogen) atoms. The lowest BCUT2D eigenvalue weighted by Gasteiger charge is -2.34. The van der Waals surface area contributed by atoms with Crippen LogP contribution in [-0.2, 0) is 30.5 Å². The van der Waals surface area contributed by atoms with Crippen LogP contribution in [0.5, 0.6) is 0 Å². The van der Waals surface area contributed by atoms with E-state index >= 15 is 0 Å². The predicted molar refractivity (Wildman–Crippen MR) is 110 cm³/mol. The van der Waals surface area contributed by atoms with Gasteiger partial charge in [-0.2, -0.15) is 0 Å². The maximum absolute atomic E-state index is 12.6. The van der Waals surface area contributed by atoms with Crippen molar-refractivity contribution in [2.24, 2.45) is 0 Å². The Hall–Kier alpha value is -1.25. The molecule has 1 saturated heterocycles. The van der Waals surface area contributed by atoms with Crippen LogP contribution in [0.1, 0.15) is 72.9 Å². The first kappa shape index (κ1) is 23.0. The second kappa shape index (κ2) is 9.50. The molecular formula is C20H34N2O5S. The van der Waals surface area contributed by atoms with E-state index in [1.54, 1.807) is 19.9 Å². The van der Waals surface area contributed by atoms with Crippen LogP contribution in [0, 0.1) is 0 Å². The van der Waals surface area contributed by atoms with Crippen molar-refractivity contribution in [1.29, 1.82) is 0 Å². The first-order valence-electron chi connectivity index (χ1n) is 10.0. The number of nitrogens with zero attached hydrogens (tertiary/aromatic N) is 1. The monoisotopic (exact) mass is 414 g/mol. The second-order valence-electron chi connectivity index (χ2n) is 8.39. The Morgan fingerprint density at radius 1 is 1.39 bits per heavy atom. The third kappa shape index (κ3) is 5.42. The van der Waals surface area contributed by atoms with E-state index in [9.17, 15) is 9.00 Å². The highest BCUT2D eigenvalue weighted by atomic mass is 32.2. The van der Waals surface area contributed by atoms with E-state index in [2.05, 4.69) is 10.5 Å². The smallest absolute Gasteiger partial charge is 0.245 e. The standard InChI is InChI=1S/C20H34N2O5S/c1-7-12-28(24)20(5,6)18(23)21-16-13-15(22-27-16)19(3,4)14(2)26-17-10-8-9-11-25-17/h13-14,17H,7-12H2,1-6H3,(H,21,23)/t14-,17?,28?/m0/s1. The number of carbonyl (C=O) groups is 1. The van der Waals surface area contributed by atoms with Crippen molar-refractivity contribution in [3.63, 3.8) is 0 Å². The van der Waals surface area contributed by atoms with E-state index in [4.69, 9.17) is 14.0 Å². The zero-order valence-electron chi connectivity index (χ0n) is 17.9. The molecule has 1 aliphatic heterocycles. The minimum Gasteiger partial charge on any atom is -0.353 e. The molecule has 0 bridgehead atoms. The van der Waals surface area contributed by atoms with E-state index in [1.807, 2.05) is 27.7 Å². The minimum atomic E-state index is -1.26. The van der Waals surface area contributed by atoms with Crippen molar-refractivity contribution in [1.82, 2.24) is 5.16 Å². The van der Waals surface area contributed by atoms with E-state index in [0.29, 0.717) is 11.4 Å². The molecule has 0 spiro atoms. The molecule has 2 rings (SSSR count). The Morgan fingerprint density at radius 3 is 2.71 bits per heavy atom. The van der Waals surface area contributed by atoms with Gasteiger partial charge in [0.25, 0.3) is 0 Å². The molecule has 2 heterocycles. The Morgan fingerprint density at radius 2 is 2.11 bits per heavy atom. The fraction of sp³-hybridized carbons (Fsp3) is 0.800.